The van der Waals surface area contributed by atoms with E-state index in [-0.39, 0.29) is 5.69 Å². The third-order valence-corrected chi connectivity index (χ3v) is 3.03. The average Bonchev–Trinajstić information content (AvgIpc) is 2.93. The zero-order valence-electron chi connectivity index (χ0n) is 12.2. The molecule has 7 heteroatoms. The summed E-state index contributed by atoms with van der Waals surface area (Å²) in [4.78, 5) is 19.4. The molecule has 112 valence electrons. The van der Waals surface area contributed by atoms with E-state index >= 15 is 0 Å². The van der Waals surface area contributed by atoms with Crippen LogP contribution in [0.5, 0.6) is 0 Å². The highest BCUT2D eigenvalue weighted by Crippen LogP contribution is 2.24. The van der Waals surface area contributed by atoms with E-state index in [1.54, 1.807) is 23.0 Å². The molecule has 2 heterocycles. The Labute approximate surface area is 123 Å². The van der Waals surface area contributed by atoms with Crippen LogP contribution >= 0.6 is 0 Å². The van der Waals surface area contributed by atoms with Crippen LogP contribution in [0, 0.1) is 10.1 Å². The van der Waals surface area contributed by atoms with Gasteiger partial charge in [-0.1, -0.05) is 13.8 Å². The molecular weight excluding hydrogens is 270 g/mol. The first-order valence-corrected chi connectivity index (χ1v) is 7.09. The molecule has 0 fully saturated rings. The van der Waals surface area contributed by atoms with Crippen LogP contribution in [0.25, 0.3) is 5.82 Å². The number of aryl methyl sites for hydroxylation is 1. The highest BCUT2D eigenvalue weighted by atomic mass is 16.6. The molecule has 0 bridgehead atoms. The first-order valence-electron chi connectivity index (χ1n) is 7.09. The summed E-state index contributed by atoms with van der Waals surface area (Å²) in [5.41, 5.74) is -0.0209. The number of nitro groups is 1. The molecule has 1 N–H and O–H groups in total. The zero-order chi connectivity index (χ0) is 15.2. The molecule has 0 unspecified atom stereocenters. The fourth-order valence-corrected chi connectivity index (χ4v) is 2.05. The molecule has 0 saturated carbocycles. The van der Waals surface area contributed by atoms with Crippen LogP contribution < -0.4 is 5.32 Å². The molecule has 0 amide bonds. The second-order valence-corrected chi connectivity index (χ2v) is 4.69. The summed E-state index contributed by atoms with van der Waals surface area (Å²) in [6.45, 7) is 4.87. The van der Waals surface area contributed by atoms with Crippen LogP contribution in [0.3, 0.4) is 0 Å². The van der Waals surface area contributed by atoms with Gasteiger partial charge in [-0.25, -0.2) is 9.97 Å². The Kier molecular flexibility index (Phi) is 4.86. The molecule has 21 heavy (non-hydrogen) atoms. The van der Waals surface area contributed by atoms with E-state index in [0.717, 1.165) is 31.6 Å². The van der Waals surface area contributed by atoms with E-state index in [1.807, 2.05) is 6.92 Å². The van der Waals surface area contributed by atoms with Gasteiger partial charge in [0.05, 0.1) is 4.92 Å². The maximum Gasteiger partial charge on any atom is 0.312 e. The van der Waals surface area contributed by atoms with Crippen molar-refractivity contribution in [1.82, 2.24) is 14.5 Å². The topological polar surface area (TPSA) is 85.9 Å². The fourth-order valence-electron chi connectivity index (χ4n) is 2.05. The van der Waals surface area contributed by atoms with Gasteiger partial charge in [-0.15, -0.1) is 0 Å². The SMILES string of the molecule is CCCNc1ccc([N+](=O)[O-])c(-n2ccnc2CCC)n1. The van der Waals surface area contributed by atoms with Crippen molar-refractivity contribution in [3.8, 4) is 5.82 Å². The molecule has 2 rings (SSSR count). The summed E-state index contributed by atoms with van der Waals surface area (Å²) in [7, 11) is 0. The Morgan fingerprint density at radius 1 is 1.33 bits per heavy atom. The standard InChI is InChI=1S/C14H19N5O2/c1-3-5-13-16-9-10-18(13)14-11(19(20)21)6-7-12(17-14)15-8-4-2/h6-7,9-10H,3-5,8H2,1-2H3,(H,15,17). The van der Waals surface area contributed by atoms with Crippen molar-refractivity contribution in [2.45, 2.75) is 33.1 Å². The van der Waals surface area contributed by atoms with E-state index in [1.165, 1.54) is 6.07 Å². The minimum Gasteiger partial charge on any atom is -0.370 e. The number of anilines is 1. The van der Waals surface area contributed by atoms with Gasteiger partial charge in [-0.05, 0) is 18.9 Å². The average molecular weight is 289 g/mol. The van der Waals surface area contributed by atoms with Crippen molar-refractivity contribution in [1.29, 1.82) is 0 Å². The number of aromatic nitrogens is 3. The molecule has 0 radical (unpaired) electrons. The minimum absolute atomic E-state index is 0.0209. The predicted molar refractivity (Wildman–Crippen MR) is 80.8 cm³/mol. The van der Waals surface area contributed by atoms with Crippen LogP contribution in [0.15, 0.2) is 24.5 Å². The number of imidazole rings is 1. The first-order chi connectivity index (χ1) is 10.2. The molecule has 7 nitrogen and oxygen atoms in total. The Morgan fingerprint density at radius 2 is 2.14 bits per heavy atom. The number of hydrogen-bond donors (Lipinski definition) is 1. The third kappa shape index (κ3) is 3.36. The van der Waals surface area contributed by atoms with E-state index in [0.29, 0.717) is 11.6 Å². The highest BCUT2D eigenvalue weighted by molar-refractivity contribution is 5.53. The molecule has 2 aromatic rings. The van der Waals surface area contributed by atoms with Crippen molar-refractivity contribution < 1.29 is 4.92 Å². The van der Waals surface area contributed by atoms with Gasteiger partial charge < -0.3 is 5.32 Å². The van der Waals surface area contributed by atoms with Gasteiger partial charge in [-0.3, -0.25) is 14.7 Å². The molecule has 0 saturated heterocycles. The monoisotopic (exact) mass is 289 g/mol. The molecule has 0 aliphatic carbocycles. The second-order valence-electron chi connectivity index (χ2n) is 4.69. The van der Waals surface area contributed by atoms with Gasteiger partial charge in [0.25, 0.3) is 0 Å². The molecular formula is C14H19N5O2. The summed E-state index contributed by atoms with van der Waals surface area (Å²) in [5.74, 6) is 1.72. The van der Waals surface area contributed by atoms with Gasteiger partial charge in [0.1, 0.15) is 11.6 Å². The minimum atomic E-state index is -0.415. The van der Waals surface area contributed by atoms with Crippen LogP contribution in [0.4, 0.5) is 11.5 Å². The summed E-state index contributed by atoms with van der Waals surface area (Å²) >= 11 is 0. The number of nitrogens with zero attached hydrogens (tertiary/aromatic N) is 4. The Balaban J connectivity index is 2.47. The largest absolute Gasteiger partial charge is 0.370 e. The predicted octanol–water partition coefficient (Wildman–Crippen LogP) is 2.95. The van der Waals surface area contributed by atoms with Crippen LogP contribution in [0.1, 0.15) is 32.5 Å². The lowest BCUT2D eigenvalue weighted by Gasteiger charge is -2.10. The summed E-state index contributed by atoms with van der Waals surface area (Å²) < 4.78 is 1.69. The van der Waals surface area contributed by atoms with Gasteiger partial charge in [-0.2, -0.15) is 0 Å². The molecule has 0 aliphatic heterocycles. The smallest absolute Gasteiger partial charge is 0.312 e. The van der Waals surface area contributed by atoms with E-state index in [4.69, 9.17) is 0 Å². The zero-order valence-corrected chi connectivity index (χ0v) is 12.2. The highest BCUT2D eigenvalue weighted by Gasteiger charge is 2.19. The Hall–Kier alpha value is -2.44. The number of pyridine rings is 1. The van der Waals surface area contributed by atoms with Crippen LogP contribution in [-0.2, 0) is 6.42 Å². The lowest BCUT2D eigenvalue weighted by Crippen LogP contribution is -2.09. The first kappa shape index (κ1) is 15.0. The molecule has 0 atom stereocenters. The molecule has 0 aromatic carbocycles. The van der Waals surface area contributed by atoms with Gasteiger partial charge in [0.15, 0.2) is 0 Å². The normalized spacial score (nSPS) is 10.6. The second kappa shape index (κ2) is 6.83. The van der Waals surface area contributed by atoms with Crippen LogP contribution in [-0.4, -0.2) is 26.0 Å². The maximum absolute atomic E-state index is 11.2. The summed E-state index contributed by atoms with van der Waals surface area (Å²) in [6.07, 6.45) is 5.98. The fraction of sp³-hybridized carbons (Fsp3) is 0.429. The Bertz CT molecular complexity index is 624. The van der Waals surface area contributed by atoms with Gasteiger partial charge in [0.2, 0.25) is 5.82 Å². The van der Waals surface area contributed by atoms with Crippen molar-refractivity contribution >= 4 is 11.5 Å². The lowest BCUT2D eigenvalue weighted by atomic mass is 10.3. The van der Waals surface area contributed by atoms with Gasteiger partial charge >= 0.3 is 5.69 Å². The number of nitrogens with one attached hydrogen (secondary N) is 1. The Morgan fingerprint density at radius 3 is 2.81 bits per heavy atom. The third-order valence-electron chi connectivity index (χ3n) is 3.03. The van der Waals surface area contributed by atoms with E-state index in [2.05, 4.69) is 22.2 Å². The van der Waals surface area contributed by atoms with E-state index in [9.17, 15) is 10.1 Å². The van der Waals surface area contributed by atoms with Crippen molar-refractivity contribution in [3.05, 3.63) is 40.5 Å². The molecule has 0 spiro atoms. The quantitative estimate of drug-likeness (QED) is 0.625. The summed E-state index contributed by atoms with van der Waals surface area (Å²) in [5, 5.41) is 14.4. The van der Waals surface area contributed by atoms with Crippen molar-refractivity contribution in [2.75, 3.05) is 11.9 Å². The van der Waals surface area contributed by atoms with Gasteiger partial charge in [0, 0.05) is 31.4 Å². The maximum atomic E-state index is 11.2. The lowest BCUT2D eigenvalue weighted by molar-refractivity contribution is -0.384. The van der Waals surface area contributed by atoms with Crippen molar-refractivity contribution in [3.63, 3.8) is 0 Å². The van der Waals surface area contributed by atoms with E-state index < -0.39 is 4.92 Å². The molecule has 0 aliphatic rings. The number of rotatable bonds is 7. The number of hydrogen-bond acceptors (Lipinski definition) is 5. The molecule has 2 aromatic heterocycles. The van der Waals surface area contributed by atoms with Crippen LogP contribution in [0.2, 0.25) is 0 Å². The van der Waals surface area contributed by atoms with Crippen molar-refractivity contribution in [2.24, 2.45) is 0 Å². The summed E-state index contributed by atoms with van der Waals surface area (Å²) in [6, 6.07) is 3.11.